The summed E-state index contributed by atoms with van der Waals surface area (Å²) in [6.45, 7) is 4.98. The Morgan fingerprint density at radius 1 is 1.19 bits per heavy atom. The molecule has 1 aromatic carbocycles. The number of halogens is 5. The maximum Gasteiger partial charge on any atom is 0.419 e. The third-order valence-corrected chi connectivity index (χ3v) is 6.39. The van der Waals surface area contributed by atoms with E-state index in [9.17, 15) is 17.6 Å². The van der Waals surface area contributed by atoms with Crippen LogP contribution in [0.25, 0.3) is 11.3 Å². The highest BCUT2D eigenvalue weighted by atomic mass is 19.4. The molecule has 0 spiro atoms. The lowest BCUT2D eigenvalue weighted by molar-refractivity contribution is -0.139. The third kappa shape index (κ3) is 4.99. The summed E-state index contributed by atoms with van der Waals surface area (Å²) in [5.74, 6) is -0.586. The van der Waals surface area contributed by atoms with Gasteiger partial charge in [0, 0.05) is 37.0 Å². The summed E-state index contributed by atoms with van der Waals surface area (Å²) < 4.78 is 70.7. The van der Waals surface area contributed by atoms with Gasteiger partial charge in [-0.2, -0.15) is 13.2 Å². The summed E-state index contributed by atoms with van der Waals surface area (Å²) in [5.41, 5.74) is 11.4. The highest BCUT2D eigenvalue weighted by molar-refractivity contribution is 5.61. The summed E-state index contributed by atoms with van der Waals surface area (Å²) in [5, 5.41) is 0. The van der Waals surface area contributed by atoms with Crippen molar-refractivity contribution in [1.82, 2.24) is 19.5 Å². The van der Waals surface area contributed by atoms with E-state index in [-0.39, 0.29) is 30.3 Å². The fourth-order valence-electron chi connectivity index (χ4n) is 4.68. The minimum Gasteiger partial charge on any atom is -0.383 e. The molecule has 4 rings (SSSR count). The number of nitrogens with zero attached hydrogens (tertiary/aromatic N) is 5. The minimum absolute atomic E-state index is 0.0419. The molecule has 2 atom stereocenters. The van der Waals surface area contributed by atoms with Gasteiger partial charge < -0.3 is 20.9 Å². The van der Waals surface area contributed by atoms with Gasteiger partial charge in [0.1, 0.15) is 35.8 Å². The first kappa shape index (κ1) is 25.8. The monoisotopic (exact) mass is 509 g/mol. The summed E-state index contributed by atoms with van der Waals surface area (Å²) in [6.07, 6.45) is -2.90. The number of rotatable bonds is 6. The topological polar surface area (TPSA) is 98.9 Å². The van der Waals surface area contributed by atoms with Crippen LogP contribution in [0.4, 0.5) is 33.6 Å². The van der Waals surface area contributed by atoms with E-state index >= 15 is 4.39 Å². The fourth-order valence-corrected chi connectivity index (χ4v) is 4.68. The van der Waals surface area contributed by atoms with Crippen molar-refractivity contribution < 1.29 is 22.0 Å². The number of alkyl halides is 4. The molecule has 0 amide bonds. The molecular formula is C24H28F5N7. The van der Waals surface area contributed by atoms with Crippen molar-refractivity contribution in [3.05, 3.63) is 53.5 Å². The van der Waals surface area contributed by atoms with Gasteiger partial charge in [0.25, 0.3) is 0 Å². The maximum atomic E-state index is 15.6. The van der Waals surface area contributed by atoms with Gasteiger partial charge in [-0.25, -0.2) is 23.7 Å². The molecule has 1 saturated heterocycles. The Morgan fingerprint density at radius 2 is 1.94 bits per heavy atom. The molecule has 0 bridgehead atoms. The van der Waals surface area contributed by atoms with E-state index in [0.29, 0.717) is 37.0 Å². The summed E-state index contributed by atoms with van der Waals surface area (Å²) in [6, 6.07) is 2.71. The number of aromatic nitrogens is 4. The highest BCUT2D eigenvalue weighted by Gasteiger charge is 2.37. The molecule has 4 N–H and O–H groups in total. The molecule has 1 aliphatic heterocycles. The Bertz CT molecular complexity index is 1220. The molecule has 7 nitrogen and oxygen atoms in total. The lowest BCUT2D eigenvalue weighted by atomic mass is 9.93. The number of hydrogen-bond acceptors (Lipinski definition) is 6. The van der Waals surface area contributed by atoms with Gasteiger partial charge >= 0.3 is 6.18 Å². The van der Waals surface area contributed by atoms with E-state index < -0.39 is 29.6 Å². The molecule has 3 heterocycles. The molecule has 1 aliphatic rings. The number of benzene rings is 1. The van der Waals surface area contributed by atoms with E-state index in [4.69, 9.17) is 11.5 Å². The van der Waals surface area contributed by atoms with Gasteiger partial charge in [-0.05, 0) is 30.5 Å². The molecule has 0 saturated carbocycles. The van der Waals surface area contributed by atoms with Crippen LogP contribution in [0.2, 0.25) is 0 Å². The Kier molecular flexibility index (Phi) is 7.17. The molecule has 12 heteroatoms. The van der Waals surface area contributed by atoms with Crippen LogP contribution in [-0.4, -0.2) is 45.3 Å². The standard InChI is InChI=1S/C24H28F5N7/c1-13(2)20-21(31)32-12-33-23(20)35-7-5-15(18(26)10-35)22-34-19(11-36(22)8-6-30)14-3-4-17(25)16(9-14)24(27,28)29/h3-4,9,11-13,15,18H,5-8,10,30H2,1-2H3,(H2,31,32,33)/t15-,18+/m1/s1. The van der Waals surface area contributed by atoms with Gasteiger partial charge in [-0.1, -0.05) is 13.8 Å². The first-order chi connectivity index (χ1) is 17.0. The average Bonchev–Trinajstić information content (AvgIpc) is 3.22. The summed E-state index contributed by atoms with van der Waals surface area (Å²) >= 11 is 0. The van der Waals surface area contributed by atoms with Gasteiger partial charge in [-0.15, -0.1) is 0 Å². The Balaban J connectivity index is 1.64. The molecule has 0 unspecified atom stereocenters. The van der Waals surface area contributed by atoms with E-state index in [1.54, 1.807) is 4.57 Å². The molecule has 0 aliphatic carbocycles. The molecule has 2 aromatic heterocycles. The quantitative estimate of drug-likeness (QED) is 0.475. The molecule has 194 valence electrons. The lowest BCUT2D eigenvalue weighted by Crippen LogP contribution is -2.42. The second-order valence-corrected chi connectivity index (χ2v) is 9.17. The molecule has 1 fully saturated rings. The zero-order chi connectivity index (χ0) is 26.2. The maximum absolute atomic E-state index is 15.6. The van der Waals surface area contributed by atoms with Crippen LogP contribution >= 0.6 is 0 Å². The second kappa shape index (κ2) is 10.00. The van der Waals surface area contributed by atoms with Crippen molar-refractivity contribution in [3.8, 4) is 11.3 Å². The van der Waals surface area contributed by atoms with Gasteiger partial charge in [0.15, 0.2) is 0 Å². The van der Waals surface area contributed by atoms with Crippen LogP contribution in [-0.2, 0) is 12.7 Å². The highest BCUT2D eigenvalue weighted by Crippen LogP contribution is 2.38. The zero-order valence-electron chi connectivity index (χ0n) is 19.9. The van der Waals surface area contributed by atoms with Crippen molar-refractivity contribution >= 4 is 11.6 Å². The number of nitrogens with two attached hydrogens (primary N) is 2. The van der Waals surface area contributed by atoms with Crippen molar-refractivity contribution in [2.75, 3.05) is 30.3 Å². The third-order valence-electron chi connectivity index (χ3n) is 6.39. The van der Waals surface area contributed by atoms with E-state index in [2.05, 4.69) is 15.0 Å². The Labute approximate surface area is 205 Å². The van der Waals surface area contributed by atoms with Gasteiger partial charge in [-0.3, -0.25) is 0 Å². The minimum atomic E-state index is -4.85. The van der Waals surface area contributed by atoms with Crippen molar-refractivity contribution in [3.63, 3.8) is 0 Å². The molecule has 0 radical (unpaired) electrons. The van der Waals surface area contributed by atoms with Crippen LogP contribution in [0.3, 0.4) is 0 Å². The van der Waals surface area contributed by atoms with Crippen molar-refractivity contribution in [2.45, 2.75) is 51.0 Å². The first-order valence-electron chi connectivity index (χ1n) is 11.6. The smallest absolute Gasteiger partial charge is 0.383 e. The van der Waals surface area contributed by atoms with Crippen molar-refractivity contribution in [2.24, 2.45) is 5.73 Å². The number of hydrogen-bond donors (Lipinski definition) is 2. The number of nitrogen functional groups attached to an aromatic ring is 1. The number of imidazole rings is 1. The predicted octanol–water partition coefficient (Wildman–Crippen LogP) is 4.49. The van der Waals surface area contributed by atoms with E-state index in [0.717, 1.165) is 17.7 Å². The van der Waals surface area contributed by atoms with Gasteiger partial charge in [0.05, 0.1) is 23.7 Å². The predicted molar refractivity (Wildman–Crippen MR) is 127 cm³/mol. The summed E-state index contributed by atoms with van der Waals surface area (Å²) in [7, 11) is 0. The van der Waals surface area contributed by atoms with Crippen LogP contribution in [0.15, 0.2) is 30.7 Å². The normalized spacial score (nSPS) is 18.8. The van der Waals surface area contributed by atoms with Gasteiger partial charge in [0.2, 0.25) is 0 Å². The van der Waals surface area contributed by atoms with E-state index in [1.165, 1.54) is 18.6 Å². The first-order valence-corrected chi connectivity index (χ1v) is 11.6. The summed E-state index contributed by atoms with van der Waals surface area (Å²) in [4.78, 5) is 14.7. The second-order valence-electron chi connectivity index (χ2n) is 9.17. The van der Waals surface area contributed by atoms with Crippen LogP contribution in [0.1, 0.15) is 49.1 Å². The van der Waals surface area contributed by atoms with Crippen LogP contribution < -0.4 is 16.4 Å². The largest absolute Gasteiger partial charge is 0.419 e. The lowest BCUT2D eigenvalue weighted by Gasteiger charge is -2.36. The molecule has 3 aromatic rings. The number of anilines is 2. The fraction of sp³-hybridized carbons (Fsp3) is 0.458. The molecule has 36 heavy (non-hydrogen) atoms. The van der Waals surface area contributed by atoms with Crippen molar-refractivity contribution in [1.29, 1.82) is 0 Å². The Morgan fingerprint density at radius 3 is 2.58 bits per heavy atom. The zero-order valence-corrected chi connectivity index (χ0v) is 19.9. The average molecular weight is 510 g/mol. The number of piperidine rings is 1. The van der Waals surface area contributed by atoms with Crippen LogP contribution in [0, 0.1) is 5.82 Å². The van der Waals surface area contributed by atoms with Crippen LogP contribution in [0.5, 0.6) is 0 Å². The molecular weight excluding hydrogens is 481 g/mol. The Hall–Kier alpha value is -3.28. The van der Waals surface area contributed by atoms with E-state index in [1.807, 2.05) is 18.7 Å². The SMILES string of the molecule is CC(C)c1c(N)ncnc1N1CC[C@@H](c2nc(-c3ccc(F)c(C(F)(F)F)c3)cn2CCN)[C@@H](F)C1.